The largest absolute Gasteiger partial charge is 0.380 e. The van der Waals surface area contributed by atoms with E-state index in [1.807, 2.05) is 18.2 Å². The first-order valence-corrected chi connectivity index (χ1v) is 6.44. The lowest BCUT2D eigenvalue weighted by Crippen LogP contribution is -2.29. The maximum Gasteiger partial charge on any atom is 0.251 e. The van der Waals surface area contributed by atoms with E-state index in [-0.39, 0.29) is 11.3 Å². The van der Waals surface area contributed by atoms with Crippen molar-refractivity contribution in [3.05, 3.63) is 76.5 Å². The summed E-state index contributed by atoms with van der Waals surface area (Å²) >= 11 is 0. The van der Waals surface area contributed by atoms with Gasteiger partial charge in [0.25, 0.3) is 5.91 Å². The van der Waals surface area contributed by atoms with Gasteiger partial charge in [-0.15, -0.1) is 0 Å². The number of benzene rings is 1. The molecule has 0 saturated carbocycles. The van der Waals surface area contributed by atoms with E-state index in [0.717, 1.165) is 0 Å². The van der Waals surface area contributed by atoms with Crippen molar-refractivity contribution in [3.8, 4) is 0 Å². The van der Waals surface area contributed by atoms with Gasteiger partial charge in [0.15, 0.2) is 0 Å². The molecule has 1 amide bonds. The highest BCUT2D eigenvalue weighted by atomic mass is 16.1. The molecule has 0 heterocycles. The molecule has 0 aliphatic heterocycles. The van der Waals surface area contributed by atoms with Gasteiger partial charge in [0, 0.05) is 18.7 Å². The molecular weight excluding hydrogens is 252 g/mol. The summed E-state index contributed by atoms with van der Waals surface area (Å²) in [6, 6.07) is 17.5. The second-order valence-corrected chi connectivity index (χ2v) is 4.24. The van der Waals surface area contributed by atoms with E-state index in [2.05, 4.69) is 10.6 Å². The lowest BCUT2D eigenvalue weighted by Gasteiger charge is -2.06. The van der Waals surface area contributed by atoms with Crippen LogP contribution >= 0.6 is 0 Å². The monoisotopic (exact) mass is 268 g/mol. The fraction of sp³-hybridized carbons (Fsp3) is 0.125. The number of carbonyl (C=O) groups is 1. The number of amides is 1. The van der Waals surface area contributed by atoms with Crippen molar-refractivity contribution in [2.45, 2.75) is 0 Å². The number of anilines is 1. The summed E-state index contributed by atoms with van der Waals surface area (Å²) in [6.07, 6.45) is 0. The molecule has 4 nitrogen and oxygen atoms in total. The summed E-state index contributed by atoms with van der Waals surface area (Å²) in [5.41, 5.74) is 1.09. The van der Waals surface area contributed by atoms with Crippen molar-refractivity contribution in [3.63, 3.8) is 0 Å². The lowest BCUT2D eigenvalue weighted by atomic mass is 10.2. The first-order chi connectivity index (χ1) is 9.77. The van der Waals surface area contributed by atoms with E-state index >= 15 is 0 Å². The predicted octanol–water partition coefficient (Wildman–Crippen LogP) is 1.89. The molecule has 0 aliphatic carbocycles. The van der Waals surface area contributed by atoms with Crippen LogP contribution < -0.4 is 16.1 Å². The Bertz CT molecular complexity index is 627. The summed E-state index contributed by atoms with van der Waals surface area (Å²) in [5, 5.41) is 5.81. The Kier molecular flexibility index (Phi) is 4.89. The highest BCUT2D eigenvalue weighted by Gasteiger charge is 2.02. The van der Waals surface area contributed by atoms with Crippen LogP contribution in [0.3, 0.4) is 0 Å². The van der Waals surface area contributed by atoms with Gasteiger partial charge in [-0.05, 0) is 24.3 Å². The van der Waals surface area contributed by atoms with Crippen LogP contribution in [0.1, 0.15) is 10.4 Å². The smallest absolute Gasteiger partial charge is 0.251 e. The topological polar surface area (TPSA) is 58.2 Å². The number of carbonyl (C=O) groups excluding carboxylic acids is 1. The van der Waals surface area contributed by atoms with E-state index in [1.165, 1.54) is 6.07 Å². The maximum atomic E-state index is 11.8. The number of hydrogen-bond donors (Lipinski definition) is 2. The van der Waals surface area contributed by atoms with E-state index in [1.54, 1.807) is 36.4 Å². The molecule has 2 aromatic carbocycles. The Morgan fingerprint density at radius 2 is 1.50 bits per heavy atom. The molecule has 102 valence electrons. The molecule has 0 radical (unpaired) electrons. The Hall–Kier alpha value is -2.62. The molecule has 0 atom stereocenters. The third kappa shape index (κ3) is 3.95. The van der Waals surface area contributed by atoms with Gasteiger partial charge in [0.05, 0.1) is 5.69 Å². The number of rotatable bonds is 5. The molecule has 2 rings (SSSR count). The van der Waals surface area contributed by atoms with Crippen molar-refractivity contribution in [2.24, 2.45) is 0 Å². The van der Waals surface area contributed by atoms with Crippen LogP contribution in [0.4, 0.5) is 5.69 Å². The summed E-state index contributed by atoms with van der Waals surface area (Å²) < 4.78 is 0. The fourth-order valence-corrected chi connectivity index (χ4v) is 1.74. The fourth-order valence-electron chi connectivity index (χ4n) is 1.74. The Balaban J connectivity index is 1.81. The van der Waals surface area contributed by atoms with Crippen LogP contribution in [0.5, 0.6) is 0 Å². The van der Waals surface area contributed by atoms with Gasteiger partial charge in [-0.1, -0.05) is 36.4 Å². The Labute approximate surface area is 117 Å². The Morgan fingerprint density at radius 1 is 0.850 bits per heavy atom. The van der Waals surface area contributed by atoms with Gasteiger partial charge in [-0.2, -0.15) is 0 Å². The minimum Gasteiger partial charge on any atom is -0.380 e. The second-order valence-electron chi connectivity index (χ2n) is 4.24. The maximum absolute atomic E-state index is 11.8. The lowest BCUT2D eigenvalue weighted by molar-refractivity contribution is 0.0955. The Morgan fingerprint density at radius 3 is 2.25 bits per heavy atom. The first-order valence-electron chi connectivity index (χ1n) is 6.44. The van der Waals surface area contributed by atoms with Crippen LogP contribution in [0.15, 0.2) is 65.5 Å². The highest BCUT2D eigenvalue weighted by Crippen LogP contribution is 1.98. The van der Waals surface area contributed by atoms with Crippen molar-refractivity contribution in [1.82, 2.24) is 5.32 Å². The van der Waals surface area contributed by atoms with Crippen molar-refractivity contribution < 1.29 is 4.79 Å². The van der Waals surface area contributed by atoms with Gasteiger partial charge in [-0.25, -0.2) is 0 Å². The summed E-state index contributed by atoms with van der Waals surface area (Å²) in [5.74, 6) is -0.117. The van der Waals surface area contributed by atoms with Gasteiger partial charge < -0.3 is 10.6 Å². The van der Waals surface area contributed by atoms with E-state index < -0.39 is 0 Å². The van der Waals surface area contributed by atoms with E-state index in [9.17, 15) is 9.59 Å². The zero-order valence-corrected chi connectivity index (χ0v) is 11.0. The normalized spacial score (nSPS) is 9.80. The van der Waals surface area contributed by atoms with Crippen molar-refractivity contribution in [2.75, 3.05) is 18.4 Å². The zero-order valence-electron chi connectivity index (χ0n) is 11.0. The summed E-state index contributed by atoms with van der Waals surface area (Å²) in [7, 11) is 0. The standard InChI is InChI=1S/C16H16N2O2/c19-15-10-6-2-5-9-14(15)17-11-12-18-16(20)13-7-3-1-4-8-13/h1-10H,11-12H2,(H,17,19)(H,18,20). The van der Waals surface area contributed by atoms with Crippen LogP contribution in [0, 0.1) is 0 Å². The molecule has 2 aromatic rings. The first kappa shape index (κ1) is 13.8. The SMILES string of the molecule is O=C(NCCNc1cccccc1=O)c1ccccc1. The molecule has 0 bridgehead atoms. The molecule has 0 saturated heterocycles. The molecular formula is C16H16N2O2. The molecule has 0 spiro atoms. The number of nitrogens with one attached hydrogen (secondary N) is 2. The van der Waals surface area contributed by atoms with Gasteiger partial charge in [0.1, 0.15) is 0 Å². The average molecular weight is 268 g/mol. The molecule has 0 fully saturated rings. The zero-order chi connectivity index (χ0) is 14.2. The average Bonchev–Trinajstić information content (AvgIpc) is 2.69. The third-order valence-electron chi connectivity index (χ3n) is 2.76. The van der Waals surface area contributed by atoms with E-state index in [0.29, 0.717) is 24.3 Å². The van der Waals surface area contributed by atoms with Crippen LogP contribution in [-0.2, 0) is 0 Å². The molecule has 2 N–H and O–H groups in total. The van der Waals surface area contributed by atoms with Crippen LogP contribution in [0.2, 0.25) is 0 Å². The summed E-state index contributed by atoms with van der Waals surface area (Å²) in [6.45, 7) is 0.948. The third-order valence-corrected chi connectivity index (χ3v) is 2.76. The highest BCUT2D eigenvalue weighted by molar-refractivity contribution is 5.94. The predicted molar refractivity (Wildman–Crippen MR) is 80.0 cm³/mol. The van der Waals surface area contributed by atoms with Gasteiger partial charge >= 0.3 is 0 Å². The summed E-state index contributed by atoms with van der Waals surface area (Å²) in [4.78, 5) is 23.4. The van der Waals surface area contributed by atoms with Gasteiger partial charge in [-0.3, -0.25) is 9.59 Å². The minimum atomic E-state index is -0.117. The molecule has 0 aliphatic rings. The van der Waals surface area contributed by atoms with E-state index in [4.69, 9.17) is 0 Å². The van der Waals surface area contributed by atoms with Gasteiger partial charge in [0.2, 0.25) is 5.43 Å². The van der Waals surface area contributed by atoms with Crippen molar-refractivity contribution >= 4 is 11.6 Å². The molecule has 0 aromatic heterocycles. The quantitative estimate of drug-likeness (QED) is 0.814. The second kappa shape index (κ2) is 7.09. The number of hydrogen-bond acceptors (Lipinski definition) is 3. The molecule has 0 unspecified atom stereocenters. The minimum absolute atomic E-state index is 0.0654. The molecule has 20 heavy (non-hydrogen) atoms. The van der Waals surface area contributed by atoms with Crippen LogP contribution in [0.25, 0.3) is 0 Å². The van der Waals surface area contributed by atoms with Crippen LogP contribution in [-0.4, -0.2) is 19.0 Å². The molecule has 4 heteroatoms. The van der Waals surface area contributed by atoms with Crippen molar-refractivity contribution in [1.29, 1.82) is 0 Å².